The van der Waals surface area contributed by atoms with Gasteiger partial charge in [-0.15, -0.1) is 0 Å². The van der Waals surface area contributed by atoms with Crippen molar-refractivity contribution in [3.05, 3.63) is 0 Å². The molecule has 0 unspecified atom stereocenters. The molecule has 1 rings (SSSR count). The molecular formula is C7H16N3+. The Labute approximate surface area is 62.5 Å². The molecule has 0 bridgehead atoms. The highest BCUT2D eigenvalue weighted by molar-refractivity contribution is 5.76. The van der Waals surface area contributed by atoms with Crippen LogP contribution in [0.1, 0.15) is 0 Å². The largest absolute Gasteiger partial charge is 0.349 e. The number of guanidine groups is 1. The summed E-state index contributed by atoms with van der Waals surface area (Å²) in [5.74, 6) is 1.31. The summed E-state index contributed by atoms with van der Waals surface area (Å²) in [7, 11) is 8.40. The van der Waals surface area contributed by atoms with Crippen LogP contribution >= 0.6 is 0 Å². The molecule has 1 aliphatic rings. The molecule has 0 aromatic rings. The van der Waals surface area contributed by atoms with Crippen molar-refractivity contribution >= 4 is 5.96 Å². The molecule has 0 atom stereocenters. The lowest BCUT2D eigenvalue weighted by molar-refractivity contribution is -0.474. The van der Waals surface area contributed by atoms with Crippen LogP contribution < -0.4 is 0 Å². The van der Waals surface area contributed by atoms with Crippen LogP contribution in [0.4, 0.5) is 0 Å². The van der Waals surface area contributed by atoms with Crippen LogP contribution in [0.25, 0.3) is 0 Å². The van der Waals surface area contributed by atoms with E-state index >= 15 is 0 Å². The highest BCUT2D eigenvalue weighted by Crippen LogP contribution is 2.01. The van der Waals surface area contributed by atoms with E-state index in [2.05, 4.69) is 42.6 Å². The zero-order valence-corrected chi connectivity index (χ0v) is 7.26. The maximum Gasteiger partial charge on any atom is 0.349 e. The van der Waals surface area contributed by atoms with Crippen molar-refractivity contribution in [2.75, 3.05) is 41.3 Å². The number of hydrogen-bond donors (Lipinski definition) is 0. The molecular weight excluding hydrogens is 126 g/mol. The Morgan fingerprint density at radius 3 is 1.70 bits per heavy atom. The number of rotatable bonds is 0. The molecule has 0 aromatic heterocycles. The monoisotopic (exact) mass is 142 g/mol. The Balaban J connectivity index is 2.82. The zero-order chi connectivity index (χ0) is 7.72. The van der Waals surface area contributed by atoms with Crippen molar-refractivity contribution in [2.45, 2.75) is 0 Å². The molecule has 0 saturated carbocycles. The molecule has 3 nitrogen and oxygen atoms in total. The number of nitrogens with zero attached hydrogens (tertiary/aromatic N) is 3. The van der Waals surface area contributed by atoms with Gasteiger partial charge in [-0.2, -0.15) is 0 Å². The maximum absolute atomic E-state index is 2.26. The van der Waals surface area contributed by atoms with Crippen LogP contribution in [-0.2, 0) is 0 Å². The summed E-state index contributed by atoms with van der Waals surface area (Å²) in [6.45, 7) is 2.29. The predicted octanol–water partition coefficient (Wildman–Crippen LogP) is -0.508. The van der Waals surface area contributed by atoms with E-state index in [-0.39, 0.29) is 0 Å². The molecule has 1 heterocycles. The molecule has 0 spiro atoms. The second-order valence-corrected chi connectivity index (χ2v) is 3.04. The second kappa shape index (κ2) is 2.48. The van der Waals surface area contributed by atoms with E-state index in [0.717, 1.165) is 13.1 Å². The van der Waals surface area contributed by atoms with Crippen LogP contribution in [0.2, 0.25) is 0 Å². The Bertz CT molecular complexity index is 146. The quantitative estimate of drug-likeness (QED) is 0.421. The fourth-order valence-electron chi connectivity index (χ4n) is 1.47. The summed E-state index contributed by atoms with van der Waals surface area (Å²) in [5, 5.41) is 0. The second-order valence-electron chi connectivity index (χ2n) is 3.04. The average Bonchev–Trinajstić information content (AvgIpc) is 2.11. The van der Waals surface area contributed by atoms with Gasteiger partial charge in [-0.1, -0.05) is 0 Å². The molecule has 0 aliphatic carbocycles. The fourth-order valence-corrected chi connectivity index (χ4v) is 1.47. The summed E-state index contributed by atoms with van der Waals surface area (Å²) in [6, 6.07) is 0. The first-order valence-electron chi connectivity index (χ1n) is 3.59. The lowest BCUT2D eigenvalue weighted by Crippen LogP contribution is -2.35. The summed E-state index contributed by atoms with van der Waals surface area (Å²) in [4.78, 5) is 4.53. The first-order valence-corrected chi connectivity index (χ1v) is 3.59. The molecule has 58 valence electrons. The van der Waals surface area contributed by atoms with Crippen molar-refractivity contribution in [1.82, 2.24) is 9.80 Å². The third-order valence-corrected chi connectivity index (χ3v) is 1.85. The highest BCUT2D eigenvalue weighted by atomic mass is 15.4. The van der Waals surface area contributed by atoms with E-state index in [1.54, 1.807) is 0 Å². The van der Waals surface area contributed by atoms with E-state index in [4.69, 9.17) is 0 Å². The van der Waals surface area contributed by atoms with E-state index in [1.165, 1.54) is 5.96 Å². The van der Waals surface area contributed by atoms with Gasteiger partial charge < -0.3 is 0 Å². The Hall–Kier alpha value is -0.730. The van der Waals surface area contributed by atoms with Crippen LogP contribution in [0.15, 0.2) is 0 Å². The van der Waals surface area contributed by atoms with E-state index in [1.807, 2.05) is 0 Å². The molecule has 1 saturated heterocycles. The lowest BCUT2D eigenvalue weighted by Gasteiger charge is -2.10. The van der Waals surface area contributed by atoms with E-state index in [0.29, 0.717) is 0 Å². The Morgan fingerprint density at radius 1 is 1.10 bits per heavy atom. The molecule has 1 aliphatic heterocycles. The van der Waals surface area contributed by atoms with Crippen molar-refractivity contribution in [1.29, 1.82) is 0 Å². The molecule has 3 heteroatoms. The van der Waals surface area contributed by atoms with Gasteiger partial charge in [0.05, 0.1) is 41.3 Å². The van der Waals surface area contributed by atoms with Gasteiger partial charge >= 0.3 is 5.96 Å². The average molecular weight is 142 g/mol. The van der Waals surface area contributed by atoms with Crippen molar-refractivity contribution in [3.63, 3.8) is 0 Å². The number of likely N-dealkylation sites (N-methyl/N-ethyl adjacent to an activating group) is 2. The molecule has 10 heavy (non-hydrogen) atoms. The van der Waals surface area contributed by atoms with Gasteiger partial charge in [0.25, 0.3) is 0 Å². The normalized spacial score (nSPS) is 18.6. The maximum atomic E-state index is 2.26. The molecule has 0 radical (unpaired) electrons. The summed E-state index contributed by atoms with van der Waals surface area (Å²) in [6.07, 6.45) is 0. The van der Waals surface area contributed by atoms with Crippen LogP contribution in [0.3, 0.4) is 0 Å². The lowest BCUT2D eigenvalue weighted by atomic mass is 10.6. The van der Waals surface area contributed by atoms with Crippen molar-refractivity contribution < 1.29 is 4.58 Å². The number of hydrogen-bond acceptors (Lipinski definition) is 0. The van der Waals surface area contributed by atoms with Gasteiger partial charge in [-0.25, -0.2) is 0 Å². The highest BCUT2D eigenvalue weighted by Gasteiger charge is 2.28. The standard InChI is InChI=1S/C7H16N3/c1-8(2)7-9(3)5-6-10(7)4/h5-6H2,1-4H3/q+1. The molecule has 0 amide bonds. The summed E-state index contributed by atoms with van der Waals surface area (Å²) >= 11 is 0. The minimum Gasteiger partial charge on any atom is -0.270 e. The minimum atomic E-state index is 1.14. The van der Waals surface area contributed by atoms with Gasteiger partial charge in [0.15, 0.2) is 0 Å². The Kier molecular flexibility index (Phi) is 1.83. The van der Waals surface area contributed by atoms with Crippen molar-refractivity contribution in [3.8, 4) is 0 Å². The zero-order valence-electron chi connectivity index (χ0n) is 7.26. The Morgan fingerprint density at radius 2 is 1.50 bits per heavy atom. The summed E-state index contributed by atoms with van der Waals surface area (Å²) in [5.41, 5.74) is 0. The SMILES string of the molecule is CN1CCN(C)C1=[N+](C)C. The van der Waals surface area contributed by atoms with Gasteiger partial charge in [-0.3, -0.25) is 14.4 Å². The van der Waals surface area contributed by atoms with Gasteiger partial charge in [0.2, 0.25) is 0 Å². The van der Waals surface area contributed by atoms with E-state index < -0.39 is 0 Å². The topological polar surface area (TPSA) is 9.49 Å². The van der Waals surface area contributed by atoms with Gasteiger partial charge in [-0.05, 0) is 0 Å². The van der Waals surface area contributed by atoms with Crippen LogP contribution in [0, 0.1) is 0 Å². The first kappa shape index (κ1) is 7.38. The minimum absolute atomic E-state index is 1.14. The van der Waals surface area contributed by atoms with E-state index in [9.17, 15) is 0 Å². The van der Waals surface area contributed by atoms with Crippen LogP contribution in [0.5, 0.6) is 0 Å². The van der Waals surface area contributed by atoms with Gasteiger partial charge in [0.1, 0.15) is 0 Å². The molecule has 0 N–H and O–H groups in total. The summed E-state index contributed by atoms with van der Waals surface area (Å²) < 4.78 is 2.15. The fraction of sp³-hybridized carbons (Fsp3) is 0.857. The van der Waals surface area contributed by atoms with Crippen LogP contribution in [-0.4, -0.2) is 61.6 Å². The third-order valence-electron chi connectivity index (χ3n) is 1.85. The predicted molar refractivity (Wildman–Crippen MR) is 42.4 cm³/mol. The van der Waals surface area contributed by atoms with Gasteiger partial charge in [0, 0.05) is 0 Å². The third kappa shape index (κ3) is 1.08. The first-order chi connectivity index (χ1) is 4.63. The van der Waals surface area contributed by atoms with Crippen molar-refractivity contribution in [2.24, 2.45) is 0 Å². The molecule has 0 aromatic carbocycles. The molecule has 1 fully saturated rings. The smallest absolute Gasteiger partial charge is 0.270 e.